The van der Waals surface area contributed by atoms with Gasteiger partial charge in [-0.2, -0.15) is 0 Å². The maximum atomic E-state index is 11.8. The molecular formula is C18H24N2O5S. The molecule has 1 aromatic rings. The third-order valence-corrected chi connectivity index (χ3v) is 3.43. The van der Waals surface area contributed by atoms with Gasteiger partial charge < -0.3 is 20.1 Å². The SMILES string of the molecule is CCCCOC(=O)c1ccc(NC(=S)NC(=O)CCC(=O)OCC)cc1. The van der Waals surface area contributed by atoms with Gasteiger partial charge in [0.15, 0.2) is 5.11 Å². The highest BCUT2D eigenvalue weighted by molar-refractivity contribution is 7.80. The van der Waals surface area contributed by atoms with Crippen LogP contribution in [0.3, 0.4) is 0 Å². The van der Waals surface area contributed by atoms with E-state index in [4.69, 9.17) is 21.7 Å². The first kappa shape index (κ1) is 21.6. The van der Waals surface area contributed by atoms with Crippen LogP contribution in [-0.4, -0.2) is 36.2 Å². The van der Waals surface area contributed by atoms with Crippen molar-refractivity contribution in [2.24, 2.45) is 0 Å². The molecule has 142 valence electrons. The van der Waals surface area contributed by atoms with E-state index in [1.807, 2.05) is 6.92 Å². The number of anilines is 1. The summed E-state index contributed by atoms with van der Waals surface area (Å²) in [4.78, 5) is 34.7. The van der Waals surface area contributed by atoms with Crippen LogP contribution in [0.15, 0.2) is 24.3 Å². The molecule has 0 heterocycles. The number of benzene rings is 1. The fourth-order valence-corrected chi connectivity index (χ4v) is 2.11. The highest BCUT2D eigenvalue weighted by Gasteiger charge is 2.10. The Morgan fingerprint density at radius 2 is 1.73 bits per heavy atom. The molecule has 8 heteroatoms. The summed E-state index contributed by atoms with van der Waals surface area (Å²) >= 11 is 5.05. The predicted octanol–water partition coefficient (Wildman–Crippen LogP) is 2.80. The maximum Gasteiger partial charge on any atom is 0.338 e. The minimum atomic E-state index is -0.428. The van der Waals surface area contributed by atoms with Gasteiger partial charge in [0.2, 0.25) is 5.91 Å². The molecule has 0 saturated heterocycles. The van der Waals surface area contributed by atoms with Gasteiger partial charge in [0.25, 0.3) is 0 Å². The molecule has 0 atom stereocenters. The van der Waals surface area contributed by atoms with Crippen LogP contribution in [0.1, 0.15) is 49.9 Å². The van der Waals surface area contributed by atoms with E-state index in [0.29, 0.717) is 17.9 Å². The zero-order chi connectivity index (χ0) is 19.4. The van der Waals surface area contributed by atoms with Gasteiger partial charge in [-0.1, -0.05) is 13.3 Å². The Labute approximate surface area is 158 Å². The molecule has 1 aromatic carbocycles. The molecule has 1 amide bonds. The average Bonchev–Trinajstić information content (AvgIpc) is 2.61. The standard InChI is InChI=1S/C18H24N2O5S/c1-3-5-12-25-17(23)13-6-8-14(9-7-13)19-18(26)20-15(21)10-11-16(22)24-4-2/h6-9H,3-5,10-12H2,1-2H3,(H2,19,20,21,26). The van der Waals surface area contributed by atoms with Crippen molar-refractivity contribution in [2.45, 2.75) is 39.5 Å². The molecule has 0 aromatic heterocycles. The van der Waals surface area contributed by atoms with Crippen molar-refractivity contribution in [1.29, 1.82) is 0 Å². The Bertz CT molecular complexity index is 631. The van der Waals surface area contributed by atoms with Crippen LogP contribution in [-0.2, 0) is 19.1 Å². The van der Waals surface area contributed by atoms with E-state index >= 15 is 0 Å². The smallest absolute Gasteiger partial charge is 0.338 e. The number of hydrogen-bond acceptors (Lipinski definition) is 6. The van der Waals surface area contributed by atoms with E-state index in [2.05, 4.69) is 10.6 Å². The zero-order valence-corrected chi connectivity index (χ0v) is 15.8. The molecular weight excluding hydrogens is 356 g/mol. The number of carbonyl (C=O) groups excluding carboxylic acids is 3. The Hall–Kier alpha value is -2.48. The second-order valence-corrected chi connectivity index (χ2v) is 5.78. The van der Waals surface area contributed by atoms with Crippen LogP contribution >= 0.6 is 12.2 Å². The Kier molecular flexibility index (Phi) is 9.93. The van der Waals surface area contributed by atoms with Crippen LogP contribution in [0.4, 0.5) is 5.69 Å². The summed E-state index contributed by atoms with van der Waals surface area (Å²) in [6.45, 7) is 4.40. The molecule has 0 bridgehead atoms. The number of nitrogens with one attached hydrogen (secondary N) is 2. The summed E-state index contributed by atoms with van der Waals surface area (Å²) in [5, 5.41) is 5.42. The van der Waals surface area contributed by atoms with Gasteiger partial charge in [0.1, 0.15) is 0 Å². The second kappa shape index (κ2) is 12.0. The topological polar surface area (TPSA) is 93.7 Å². The van der Waals surface area contributed by atoms with E-state index in [-0.39, 0.29) is 36.4 Å². The first-order valence-electron chi connectivity index (χ1n) is 8.49. The molecule has 0 unspecified atom stereocenters. The molecule has 2 N–H and O–H groups in total. The van der Waals surface area contributed by atoms with Gasteiger partial charge in [-0.3, -0.25) is 9.59 Å². The number of unbranched alkanes of at least 4 members (excludes halogenated alkanes) is 1. The summed E-state index contributed by atoms with van der Waals surface area (Å²) < 4.78 is 9.87. The first-order valence-corrected chi connectivity index (χ1v) is 8.90. The lowest BCUT2D eigenvalue weighted by Gasteiger charge is -2.10. The molecule has 0 fully saturated rings. The van der Waals surface area contributed by atoms with Crippen molar-refractivity contribution in [2.75, 3.05) is 18.5 Å². The van der Waals surface area contributed by atoms with Crippen molar-refractivity contribution in [3.05, 3.63) is 29.8 Å². The number of rotatable bonds is 9. The summed E-state index contributed by atoms with van der Waals surface area (Å²) in [6, 6.07) is 6.55. The summed E-state index contributed by atoms with van der Waals surface area (Å²) in [7, 11) is 0. The molecule has 0 aliphatic heterocycles. The van der Waals surface area contributed by atoms with Crippen LogP contribution < -0.4 is 10.6 Å². The molecule has 26 heavy (non-hydrogen) atoms. The second-order valence-electron chi connectivity index (χ2n) is 5.37. The third-order valence-electron chi connectivity index (χ3n) is 3.22. The predicted molar refractivity (Wildman–Crippen MR) is 102 cm³/mol. The van der Waals surface area contributed by atoms with Crippen molar-refractivity contribution < 1.29 is 23.9 Å². The molecule has 1 rings (SSSR count). The number of hydrogen-bond donors (Lipinski definition) is 2. The summed E-state index contributed by atoms with van der Waals surface area (Å²) in [5.74, 6) is -1.19. The van der Waals surface area contributed by atoms with Gasteiger partial charge >= 0.3 is 11.9 Å². The molecule has 0 aliphatic carbocycles. The quantitative estimate of drug-likeness (QED) is 0.386. The highest BCUT2D eigenvalue weighted by atomic mass is 32.1. The fourth-order valence-electron chi connectivity index (χ4n) is 1.88. The van der Waals surface area contributed by atoms with E-state index in [9.17, 15) is 14.4 Å². The Balaban J connectivity index is 2.41. The monoisotopic (exact) mass is 380 g/mol. The number of esters is 2. The average molecular weight is 380 g/mol. The van der Waals surface area contributed by atoms with Crippen LogP contribution in [0.5, 0.6) is 0 Å². The highest BCUT2D eigenvalue weighted by Crippen LogP contribution is 2.11. The first-order chi connectivity index (χ1) is 12.5. The molecule has 7 nitrogen and oxygen atoms in total. The number of amides is 1. The molecule has 0 saturated carbocycles. The number of thiocarbonyl (C=S) groups is 1. The van der Waals surface area contributed by atoms with Gasteiger partial charge in [-0.15, -0.1) is 0 Å². The molecule has 0 radical (unpaired) electrons. The zero-order valence-electron chi connectivity index (χ0n) is 15.0. The van der Waals surface area contributed by atoms with E-state index in [1.165, 1.54) is 0 Å². The summed E-state index contributed by atoms with van der Waals surface area (Å²) in [5.41, 5.74) is 1.06. The lowest BCUT2D eigenvalue weighted by atomic mass is 10.2. The third kappa shape index (κ3) is 8.57. The van der Waals surface area contributed by atoms with Crippen molar-refractivity contribution in [3.63, 3.8) is 0 Å². The van der Waals surface area contributed by atoms with Crippen LogP contribution in [0.25, 0.3) is 0 Å². The summed E-state index contributed by atoms with van der Waals surface area (Å²) in [6.07, 6.45) is 1.77. The van der Waals surface area contributed by atoms with Gasteiger partial charge in [-0.05, 0) is 49.8 Å². The van der Waals surface area contributed by atoms with E-state index in [1.54, 1.807) is 31.2 Å². The van der Waals surface area contributed by atoms with Gasteiger partial charge in [0, 0.05) is 12.1 Å². The lowest BCUT2D eigenvalue weighted by Crippen LogP contribution is -2.34. The minimum Gasteiger partial charge on any atom is -0.466 e. The lowest BCUT2D eigenvalue weighted by molar-refractivity contribution is -0.144. The molecule has 0 spiro atoms. The largest absolute Gasteiger partial charge is 0.466 e. The fraction of sp³-hybridized carbons (Fsp3) is 0.444. The van der Waals surface area contributed by atoms with E-state index < -0.39 is 5.97 Å². The maximum absolute atomic E-state index is 11.8. The normalized spacial score (nSPS) is 9.92. The minimum absolute atomic E-state index is 0.00285. The van der Waals surface area contributed by atoms with Crippen LogP contribution in [0, 0.1) is 0 Å². The Morgan fingerprint density at radius 1 is 1.04 bits per heavy atom. The number of ether oxygens (including phenoxy) is 2. The van der Waals surface area contributed by atoms with Gasteiger partial charge in [-0.25, -0.2) is 4.79 Å². The Morgan fingerprint density at radius 3 is 2.35 bits per heavy atom. The van der Waals surface area contributed by atoms with E-state index in [0.717, 1.165) is 12.8 Å². The molecule has 0 aliphatic rings. The van der Waals surface area contributed by atoms with Crippen molar-refractivity contribution in [1.82, 2.24) is 5.32 Å². The van der Waals surface area contributed by atoms with Crippen molar-refractivity contribution >= 4 is 40.9 Å². The van der Waals surface area contributed by atoms with Crippen molar-refractivity contribution in [3.8, 4) is 0 Å². The van der Waals surface area contributed by atoms with Gasteiger partial charge in [0.05, 0.1) is 25.2 Å². The number of carbonyl (C=O) groups is 3. The van der Waals surface area contributed by atoms with Crippen LogP contribution in [0.2, 0.25) is 0 Å².